The Balaban J connectivity index is 1.77. The quantitative estimate of drug-likeness (QED) is 0.570. The van der Waals surface area contributed by atoms with E-state index in [9.17, 15) is 0 Å². The van der Waals surface area contributed by atoms with Crippen molar-refractivity contribution in [3.8, 4) is 0 Å². The minimum atomic E-state index is 0.528. The average Bonchev–Trinajstić information content (AvgIpc) is 2.59. The number of halogens is 1. The molecule has 1 aromatic carbocycles. The lowest BCUT2D eigenvalue weighted by Gasteiger charge is -2.33. The van der Waals surface area contributed by atoms with Crippen LogP contribution in [0.4, 0.5) is 0 Å². The van der Waals surface area contributed by atoms with Crippen LogP contribution in [0.3, 0.4) is 0 Å². The fourth-order valence-electron chi connectivity index (χ4n) is 3.11. The highest BCUT2D eigenvalue weighted by atomic mass is 79.9. The molecular weight excluding hydrogens is 364 g/mol. The molecule has 1 fully saturated rings. The second-order valence-electron chi connectivity index (χ2n) is 6.61. The average molecular weight is 395 g/mol. The van der Waals surface area contributed by atoms with E-state index < -0.39 is 0 Å². The summed E-state index contributed by atoms with van der Waals surface area (Å²) in [5.74, 6) is 0.907. The smallest absolute Gasteiger partial charge is 0.191 e. The van der Waals surface area contributed by atoms with E-state index in [-0.39, 0.29) is 0 Å². The molecule has 1 aromatic rings. The molecule has 0 amide bonds. The van der Waals surface area contributed by atoms with E-state index >= 15 is 0 Å². The molecule has 0 bridgehead atoms. The standard InChI is InChI=1S/C19H31BrN4/c1-4-5-10-24-11-8-18(9-12-24)23-19(21-3)22-14-16-6-7-17(20)13-15(16)2/h6-7,13,18H,4-5,8-12,14H2,1-3H3,(H2,21,22,23). The SMILES string of the molecule is CCCCN1CCC(NC(=NC)NCc2ccc(Br)cc2C)CC1. The third-order valence-electron chi connectivity index (χ3n) is 4.73. The van der Waals surface area contributed by atoms with E-state index in [1.54, 1.807) is 0 Å². The van der Waals surface area contributed by atoms with E-state index in [2.05, 4.69) is 68.5 Å². The maximum Gasteiger partial charge on any atom is 0.191 e. The molecule has 1 heterocycles. The Morgan fingerprint density at radius 1 is 1.33 bits per heavy atom. The highest BCUT2D eigenvalue weighted by Gasteiger charge is 2.19. The molecule has 2 N–H and O–H groups in total. The first kappa shape index (κ1) is 19.3. The molecular formula is C19H31BrN4. The van der Waals surface area contributed by atoms with Crippen LogP contribution in [0.2, 0.25) is 0 Å². The highest BCUT2D eigenvalue weighted by molar-refractivity contribution is 9.10. The summed E-state index contributed by atoms with van der Waals surface area (Å²) < 4.78 is 1.13. The second kappa shape index (κ2) is 10.0. The Bertz CT molecular complexity index is 536. The maximum absolute atomic E-state index is 4.38. The molecule has 0 unspecified atom stereocenters. The van der Waals surface area contributed by atoms with Crippen molar-refractivity contribution in [3.05, 3.63) is 33.8 Å². The van der Waals surface area contributed by atoms with Gasteiger partial charge in [-0.1, -0.05) is 35.3 Å². The number of hydrogen-bond donors (Lipinski definition) is 2. The van der Waals surface area contributed by atoms with Gasteiger partial charge in [0, 0.05) is 37.2 Å². The van der Waals surface area contributed by atoms with Gasteiger partial charge in [0.05, 0.1) is 0 Å². The molecule has 4 nitrogen and oxygen atoms in total. The molecule has 0 aromatic heterocycles. The van der Waals surface area contributed by atoms with Crippen LogP contribution in [0.1, 0.15) is 43.7 Å². The number of benzene rings is 1. The van der Waals surface area contributed by atoms with Crippen molar-refractivity contribution in [1.29, 1.82) is 0 Å². The third kappa shape index (κ3) is 6.10. The Morgan fingerprint density at radius 2 is 2.08 bits per heavy atom. The van der Waals surface area contributed by atoms with Crippen molar-refractivity contribution >= 4 is 21.9 Å². The lowest BCUT2D eigenvalue weighted by atomic mass is 10.0. The number of rotatable bonds is 6. The minimum Gasteiger partial charge on any atom is -0.354 e. The van der Waals surface area contributed by atoms with Gasteiger partial charge in [0.15, 0.2) is 5.96 Å². The summed E-state index contributed by atoms with van der Waals surface area (Å²) in [5.41, 5.74) is 2.59. The van der Waals surface area contributed by atoms with Gasteiger partial charge in [-0.25, -0.2) is 0 Å². The topological polar surface area (TPSA) is 39.7 Å². The lowest BCUT2D eigenvalue weighted by molar-refractivity contribution is 0.203. The maximum atomic E-state index is 4.38. The molecule has 1 aliphatic rings. The number of guanidine groups is 1. The van der Waals surface area contributed by atoms with Gasteiger partial charge >= 0.3 is 0 Å². The minimum absolute atomic E-state index is 0.528. The monoisotopic (exact) mass is 394 g/mol. The predicted octanol–water partition coefficient (Wildman–Crippen LogP) is 3.69. The number of hydrogen-bond acceptors (Lipinski definition) is 2. The first-order valence-corrected chi connectivity index (χ1v) is 9.86. The fourth-order valence-corrected chi connectivity index (χ4v) is 3.58. The van der Waals surface area contributed by atoms with Crippen LogP contribution < -0.4 is 10.6 Å². The molecule has 24 heavy (non-hydrogen) atoms. The molecule has 134 valence electrons. The Hall–Kier alpha value is -1.07. The van der Waals surface area contributed by atoms with Crippen LogP contribution in [0, 0.1) is 6.92 Å². The summed E-state index contributed by atoms with van der Waals surface area (Å²) in [4.78, 5) is 6.97. The normalized spacial score (nSPS) is 17.1. The van der Waals surface area contributed by atoms with Gasteiger partial charge in [0.2, 0.25) is 0 Å². The van der Waals surface area contributed by atoms with Crippen molar-refractivity contribution in [3.63, 3.8) is 0 Å². The van der Waals surface area contributed by atoms with Gasteiger partial charge < -0.3 is 15.5 Å². The predicted molar refractivity (Wildman–Crippen MR) is 107 cm³/mol. The summed E-state index contributed by atoms with van der Waals surface area (Å²) in [7, 11) is 1.85. The van der Waals surface area contributed by atoms with Gasteiger partial charge in [-0.3, -0.25) is 4.99 Å². The summed E-state index contributed by atoms with van der Waals surface area (Å²) >= 11 is 3.52. The van der Waals surface area contributed by atoms with Crippen LogP contribution in [-0.4, -0.2) is 43.6 Å². The number of unbranched alkanes of at least 4 members (excludes halogenated alkanes) is 1. The molecule has 0 radical (unpaired) electrons. The van der Waals surface area contributed by atoms with Crippen molar-refractivity contribution in [2.45, 2.75) is 52.1 Å². The van der Waals surface area contributed by atoms with Gasteiger partial charge in [0.25, 0.3) is 0 Å². The Kier molecular flexibility index (Phi) is 8.06. The lowest BCUT2D eigenvalue weighted by Crippen LogP contribution is -2.48. The van der Waals surface area contributed by atoms with Crippen LogP contribution >= 0.6 is 15.9 Å². The van der Waals surface area contributed by atoms with Crippen LogP contribution in [0.15, 0.2) is 27.7 Å². The summed E-state index contributed by atoms with van der Waals surface area (Å²) in [6.45, 7) is 8.84. The molecule has 2 rings (SSSR count). The zero-order valence-electron chi connectivity index (χ0n) is 15.2. The zero-order valence-corrected chi connectivity index (χ0v) is 16.8. The largest absolute Gasteiger partial charge is 0.354 e. The number of aryl methyl sites for hydroxylation is 1. The summed E-state index contributed by atoms with van der Waals surface area (Å²) in [5, 5.41) is 7.04. The van der Waals surface area contributed by atoms with E-state index in [1.807, 2.05) is 7.05 Å². The third-order valence-corrected chi connectivity index (χ3v) is 5.22. The zero-order chi connectivity index (χ0) is 17.4. The molecule has 0 atom stereocenters. The van der Waals surface area contributed by atoms with E-state index in [1.165, 1.54) is 56.4 Å². The van der Waals surface area contributed by atoms with Crippen LogP contribution in [0.5, 0.6) is 0 Å². The second-order valence-corrected chi connectivity index (χ2v) is 7.53. The molecule has 0 spiro atoms. The molecule has 0 aliphatic carbocycles. The van der Waals surface area contributed by atoms with Crippen molar-refractivity contribution in [2.75, 3.05) is 26.7 Å². The number of likely N-dealkylation sites (tertiary alicyclic amines) is 1. The Morgan fingerprint density at radius 3 is 2.71 bits per heavy atom. The van der Waals surface area contributed by atoms with Gasteiger partial charge in [-0.2, -0.15) is 0 Å². The van der Waals surface area contributed by atoms with Gasteiger partial charge in [-0.15, -0.1) is 0 Å². The van der Waals surface area contributed by atoms with Crippen molar-refractivity contribution in [1.82, 2.24) is 15.5 Å². The molecule has 0 saturated carbocycles. The van der Waals surface area contributed by atoms with Gasteiger partial charge in [0.1, 0.15) is 0 Å². The molecule has 1 saturated heterocycles. The van der Waals surface area contributed by atoms with Gasteiger partial charge in [-0.05, 0) is 56.0 Å². The van der Waals surface area contributed by atoms with E-state index in [4.69, 9.17) is 0 Å². The number of nitrogens with one attached hydrogen (secondary N) is 2. The molecule has 5 heteroatoms. The number of aliphatic imine (C=N–C) groups is 1. The highest BCUT2D eigenvalue weighted by Crippen LogP contribution is 2.16. The fraction of sp³-hybridized carbons (Fsp3) is 0.632. The molecule has 1 aliphatic heterocycles. The summed E-state index contributed by atoms with van der Waals surface area (Å²) in [6.07, 6.45) is 4.99. The number of nitrogens with zero attached hydrogens (tertiary/aromatic N) is 2. The number of piperidine rings is 1. The Labute approximate surface area is 155 Å². The first-order valence-electron chi connectivity index (χ1n) is 9.07. The van der Waals surface area contributed by atoms with Crippen molar-refractivity contribution < 1.29 is 0 Å². The first-order chi connectivity index (χ1) is 11.6. The van der Waals surface area contributed by atoms with E-state index in [0.29, 0.717) is 6.04 Å². The van der Waals surface area contributed by atoms with Crippen LogP contribution in [-0.2, 0) is 6.54 Å². The van der Waals surface area contributed by atoms with Crippen molar-refractivity contribution in [2.24, 2.45) is 4.99 Å². The summed E-state index contributed by atoms with van der Waals surface area (Å²) in [6, 6.07) is 6.93. The van der Waals surface area contributed by atoms with E-state index in [0.717, 1.165) is 17.0 Å². The van der Waals surface area contributed by atoms with Crippen LogP contribution in [0.25, 0.3) is 0 Å².